The molecule has 108 valence electrons. The van der Waals surface area contributed by atoms with E-state index in [1.165, 1.54) is 21.3 Å². The first kappa shape index (κ1) is 14.0. The van der Waals surface area contributed by atoms with Crippen LogP contribution < -0.4 is 14.2 Å². The number of allylic oxidation sites excluding steroid dienone is 1. The van der Waals surface area contributed by atoms with Crippen LogP contribution in [0.1, 0.15) is 17.5 Å². The van der Waals surface area contributed by atoms with Crippen LogP contribution in [0.2, 0.25) is 0 Å². The van der Waals surface area contributed by atoms with E-state index in [2.05, 4.69) is 0 Å². The van der Waals surface area contributed by atoms with Gasteiger partial charge in [-0.2, -0.15) is 0 Å². The van der Waals surface area contributed by atoms with E-state index in [9.17, 15) is 15.0 Å². The van der Waals surface area contributed by atoms with Crippen molar-refractivity contribution in [2.45, 2.75) is 12.8 Å². The second kappa shape index (κ2) is 5.32. The fourth-order valence-corrected chi connectivity index (χ4v) is 2.45. The van der Waals surface area contributed by atoms with Gasteiger partial charge < -0.3 is 24.4 Å². The topological polar surface area (TPSA) is 85.2 Å². The smallest absolute Gasteiger partial charge is 0.339 e. The van der Waals surface area contributed by atoms with Crippen molar-refractivity contribution in [2.24, 2.45) is 0 Å². The summed E-state index contributed by atoms with van der Waals surface area (Å²) in [6, 6.07) is 1.55. The molecule has 0 spiro atoms. The van der Waals surface area contributed by atoms with Crippen molar-refractivity contribution in [1.82, 2.24) is 0 Å². The Hall–Kier alpha value is -2.37. The number of ether oxygens (including phenoxy) is 3. The van der Waals surface area contributed by atoms with Gasteiger partial charge in [0.1, 0.15) is 11.3 Å². The fraction of sp³-hybridized carbons (Fsp3) is 0.357. The van der Waals surface area contributed by atoms with E-state index in [0.717, 1.165) is 0 Å². The molecule has 0 heterocycles. The second-order valence-corrected chi connectivity index (χ2v) is 4.30. The summed E-state index contributed by atoms with van der Waals surface area (Å²) in [4.78, 5) is 11.4. The van der Waals surface area contributed by atoms with E-state index in [1.807, 2.05) is 0 Å². The van der Waals surface area contributed by atoms with Gasteiger partial charge in [-0.15, -0.1) is 0 Å². The quantitative estimate of drug-likeness (QED) is 0.877. The molecular formula is C14H16O6. The van der Waals surface area contributed by atoms with Gasteiger partial charge in [0, 0.05) is 17.5 Å². The lowest BCUT2D eigenvalue weighted by Crippen LogP contribution is -2.14. The molecular weight excluding hydrogens is 264 g/mol. The zero-order valence-corrected chi connectivity index (χ0v) is 11.5. The lowest BCUT2D eigenvalue weighted by Gasteiger charge is -2.23. The Morgan fingerprint density at radius 3 is 2.25 bits per heavy atom. The van der Waals surface area contributed by atoms with Crippen molar-refractivity contribution in [2.75, 3.05) is 21.3 Å². The van der Waals surface area contributed by atoms with Crippen molar-refractivity contribution < 1.29 is 29.2 Å². The predicted octanol–water partition coefficient (Wildman–Crippen LogP) is 2.01. The minimum Gasteiger partial charge on any atom is -0.511 e. The maximum atomic E-state index is 11.4. The number of hydrogen-bond acceptors (Lipinski definition) is 5. The van der Waals surface area contributed by atoms with Crippen molar-refractivity contribution in [3.63, 3.8) is 0 Å². The molecule has 0 atom stereocenters. The number of carboxylic acid groups (broad SMARTS) is 1. The van der Waals surface area contributed by atoms with Gasteiger partial charge in [0.2, 0.25) is 5.75 Å². The van der Waals surface area contributed by atoms with E-state index in [1.54, 1.807) is 6.07 Å². The number of benzene rings is 1. The Bertz CT molecular complexity index is 588. The summed E-state index contributed by atoms with van der Waals surface area (Å²) >= 11 is 0. The molecule has 0 unspecified atom stereocenters. The van der Waals surface area contributed by atoms with Gasteiger partial charge in [0.15, 0.2) is 11.5 Å². The predicted molar refractivity (Wildman–Crippen MR) is 71.6 cm³/mol. The maximum Gasteiger partial charge on any atom is 0.339 e. The Balaban J connectivity index is 2.78. The highest BCUT2D eigenvalue weighted by atomic mass is 16.5. The van der Waals surface area contributed by atoms with Crippen LogP contribution in [0, 0.1) is 0 Å². The van der Waals surface area contributed by atoms with Crippen LogP contribution in [0.3, 0.4) is 0 Å². The van der Waals surface area contributed by atoms with Crippen molar-refractivity contribution >= 4 is 11.5 Å². The minimum atomic E-state index is -1.18. The molecule has 1 aromatic carbocycles. The molecule has 0 fully saturated rings. The molecule has 0 saturated carbocycles. The van der Waals surface area contributed by atoms with Gasteiger partial charge in [-0.25, -0.2) is 4.79 Å². The third-order valence-electron chi connectivity index (χ3n) is 3.32. The average molecular weight is 280 g/mol. The normalized spacial score (nSPS) is 13.8. The average Bonchev–Trinajstić information content (AvgIpc) is 2.44. The fourth-order valence-electron chi connectivity index (χ4n) is 2.45. The van der Waals surface area contributed by atoms with E-state index in [-0.39, 0.29) is 17.8 Å². The summed E-state index contributed by atoms with van der Waals surface area (Å²) in [6.07, 6.45) is 0.724. The lowest BCUT2D eigenvalue weighted by atomic mass is 9.88. The first-order chi connectivity index (χ1) is 9.54. The first-order valence-electron chi connectivity index (χ1n) is 6.02. The van der Waals surface area contributed by atoms with Crippen LogP contribution >= 0.6 is 0 Å². The van der Waals surface area contributed by atoms with Gasteiger partial charge in [-0.1, -0.05) is 0 Å². The molecule has 1 aromatic rings. The van der Waals surface area contributed by atoms with Crippen LogP contribution in [0.4, 0.5) is 0 Å². The van der Waals surface area contributed by atoms with Crippen molar-refractivity contribution in [1.29, 1.82) is 0 Å². The molecule has 1 aliphatic carbocycles. The molecule has 0 aliphatic heterocycles. The molecule has 2 N–H and O–H groups in total. The monoisotopic (exact) mass is 280 g/mol. The van der Waals surface area contributed by atoms with Crippen molar-refractivity contribution in [3.05, 3.63) is 23.0 Å². The van der Waals surface area contributed by atoms with Crippen LogP contribution in [-0.2, 0) is 11.2 Å². The van der Waals surface area contributed by atoms with Crippen LogP contribution in [0.25, 0.3) is 5.57 Å². The number of hydrogen-bond donors (Lipinski definition) is 2. The summed E-state index contributed by atoms with van der Waals surface area (Å²) < 4.78 is 15.8. The molecule has 2 rings (SSSR count). The number of aliphatic carboxylic acids is 1. The third-order valence-corrected chi connectivity index (χ3v) is 3.32. The second-order valence-electron chi connectivity index (χ2n) is 4.30. The molecule has 0 saturated heterocycles. The van der Waals surface area contributed by atoms with Crippen LogP contribution in [0.5, 0.6) is 17.2 Å². The Labute approximate surface area is 116 Å². The van der Waals surface area contributed by atoms with E-state index >= 15 is 0 Å². The third kappa shape index (κ3) is 2.03. The molecule has 6 nitrogen and oxygen atoms in total. The zero-order valence-electron chi connectivity index (χ0n) is 11.5. The minimum absolute atomic E-state index is 0.120. The van der Waals surface area contributed by atoms with E-state index in [0.29, 0.717) is 34.8 Å². The Kier molecular flexibility index (Phi) is 3.74. The van der Waals surface area contributed by atoms with Crippen LogP contribution in [0.15, 0.2) is 11.8 Å². The molecule has 1 aliphatic rings. The number of aliphatic hydroxyl groups is 1. The first-order valence-corrected chi connectivity index (χ1v) is 6.02. The van der Waals surface area contributed by atoms with E-state index in [4.69, 9.17) is 14.2 Å². The van der Waals surface area contributed by atoms with Gasteiger partial charge in [-0.05, 0) is 12.5 Å². The lowest BCUT2D eigenvalue weighted by molar-refractivity contribution is -0.130. The highest BCUT2D eigenvalue weighted by Crippen LogP contribution is 2.46. The molecule has 0 amide bonds. The number of aliphatic hydroxyl groups excluding tert-OH is 1. The van der Waals surface area contributed by atoms with Crippen LogP contribution in [-0.4, -0.2) is 37.5 Å². The Morgan fingerprint density at radius 1 is 1.10 bits per heavy atom. The highest BCUT2D eigenvalue weighted by molar-refractivity contribution is 6.17. The molecule has 20 heavy (non-hydrogen) atoms. The van der Waals surface area contributed by atoms with Gasteiger partial charge in [-0.3, -0.25) is 0 Å². The zero-order chi connectivity index (χ0) is 14.9. The SMILES string of the molecule is COc1cc2c(c(OC)c1OC)CCC(O)=C2C(=O)O. The summed E-state index contributed by atoms with van der Waals surface area (Å²) in [5.41, 5.74) is 0.974. The van der Waals surface area contributed by atoms with Gasteiger partial charge in [0.25, 0.3) is 0 Å². The molecule has 6 heteroatoms. The molecule has 0 bridgehead atoms. The number of carboxylic acids is 1. The van der Waals surface area contributed by atoms with E-state index < -0.39 is 5.97 Å². The number of fused-ring (bicyclic) bond motifs is 1. The Morgan fingerprint density at radius 2 is 1.75 bits per heavy atom. The number of methoxy groups -OCH3 is 3. The molecule has 0 radical (unpaired) electrons. The van der Waals surface area contributed by atoms with Gasteiger partial charge >= 0.3 is 5.97 Å². The van der Waals surface area contributed by atoms with Crippen molar-refractivity contribution in [3.8, 4) is 17.2 Å². The molecule has 0 aromatic heterocycles. The maximum absolute atomic E-state index is 11.4. The van der Waals surface area contributed by atoms with Gasteiger partial charge in [0.05, 0.1) is 21.3 Å². The number of rotatable bonds is 4. The summed E-state index contributed by atoms with van der Waals surface area (Å²) in [5.74, 6) is -0.110. The number of carbonyl (C=O) groups is 1. The standard InChI is InChI=1S/C14H16O6/c1-18-10-6-8-7(12(19-2)13(10)20-3)4-5-9(15)11(8)14(16)17/h6,15H,4-5H2,1-3H3,(H,16,17). The highest BCUT2D eigenvalue weighted by Gasteiger charge is 2.30. The summed E-state index contributed by atoms with van der Waals surface area (Å²) in [7, 11) is 4.42. The summed E-state index contributed by atoms with van der Waals surface area (Å²) in [5, 5.41) is 19.1. The largest absolute Gasteiger partial charge is 0.511 e. The summed E-state index contributed by atoms with van der Waals surface area (Å²) in [6.45, 7) is 0.